The van der Waals surface area contributed by atoms with Crippen LogP contribution in [0.15, 0.2) is 30.5 Å². The monoisotopic (exact) mass is 521 g/mol. The number of fused-ring (bicyclic) bond motifs is 1. The predicted molar refractivity (Wildman–Crippen MR) is 129 cm³/mol. The fourth-order valence-electron chi connectivity index (χ4n) is 3.48. The van der Waals surface area contributed by atoms with Crippen LogP contribution in [0.4, 0.5) is 0 Å². The quantitative estimate of drug-likeness (QED) is 0.130. The second-order valence-corrected chi connectivity index (χ2v) is 8.47. The van der Waals surface area contributed by atoms with Gasteiger partial charge in [-0.05, 0) is 25.0 Å². The minimum atomic E-state index is -1.54. The lowest BCUT2D eigenvalue weighted by atomic mass is 10.0. The van der Waals surface area contributed by atoms with E-state index in [9.17, 15) is 39.3 Å². The Morgan fingerprint density at radius 2 is 1.54 bits per heavy atom. The molecular weight excluding hydrogens is 490 g/mol. The molecule has 1 aromatic carbocycles. The third-order valence-electron chi connectivity index (χ3n) is 5.63. The van der Waals surface area contributed by atoms with Crippen LogP contribution in [0.5, 0.6) is 0 Å². The molecule has 14 nitrogen and oxygen atoms in total. The Hall–Kier alpha value is -4.01. The first kappa shape index (κ1) is 29.2. The first-order chi connectivity index (χ1) is 17.4. The second kappa shape index (κ2) is 13.3. The third kappa shape index (κ3) is 8.27. The van der Waals surface area contributed by atoms with Gasteiger partial charge in [-0.2, -0.15) is 0 Å². The Morgan fingerprint density at radius 1 is 0.946 bits per heavy atom. The van der Waals surface area contributed by atoms with Crippen molar-refractivity contribution in [1.29, 1.82) is 0 Å². The maximum Gasteiger partial charge on any atom is 0.326 e. The Bertz CT molecular complexity index is 1130. The van der Waals surface area contributed by atoms with E-state index in [4.69, 9.17) is 10.8 Å². The van der Waals surface area contributed by atoms with Crippen LogP contribution < -0.4 is 21.7 Å². The van der Waals surface area contributed by atoms with Crippen molar-refractivity contribution in [3.05, 3.63) is 36.0 Å². The molecule has 0 aliphatic rings. The molecule has 202 valence electrons. The number of carboxylic acids is 2. The van der Waals surface area contributed by atoms with Crippen LogP contribution in [0.3, 0.4) is 0 Å². The van der Waals surface area contributed by atoms with Gasteiger partial charge < -0.3 is 47.1 Å². The Labute approximate surface area is 211 Å². The zero-order chi connectivity index (χ0) is 27.7. The molecular formula is C23H31N5O9. The normalized spacial score (nSPS) is 15.1. The Morgan fingerprint density at radius 3 is 2.14 bits per heavy atom. The summed E-state index contributed by atoms with van der Waals surface area (Å²) >= 11 is 0. The summed E-state index contributed by atoms with van der Waals surface area (Å²) in [7, 11) is 0. The predicted octanol–water partition coefficient (Wildman–Crippen LogP) is -2.19. The van der Waals surface area contributed by atoms with Crippen molar-refractivity contribution in [3.8, 4) is 0 Å². The number of H-pyrrole nitrogens is 1. The molecule has 14 heteroatoms. The topological polar surface area (TPSA) is 244 Å². The molecule has 0 bridgehead atoms. The molecule has 10 N–H and O–H groups in total. The highest BCUT2D eigenvalue weighted by Gasteiger charge is 2.31. The van der Waals surface area contributed by atoms with Crippen molar-refractivity contribution >= 4 is 40.6 Å². The largest absolute Gasteiger partial charge is 0.481 e. The average molecular weight is 522 g/mol. The van der Waals surface area contributed by atoms with E-state index in [-0.39, 0.29) is 6.42 Å². The van der Waals surface area contributed by atoms with E-state index in [2.05, 4.69) is 20.9 Å². The number of aliphatic carboxylic acids is 2. The Kier molecular flexibility index (Phi) is 10.5. The van der Waals surface area contributed by atoms with Crippen molar-refractivity contribution in [1.82, 2.24) is 20.9 Å². The number of aromatic nitrogens is 1. The van der Waals surface area contributed by atoms with Gasteiger partial charge in [0.05, 0.1) is 12.7 Å². The van der Waals surface area contributed by atoms with Gasteiger partial charge in [-0.1, -0.05) is 18.2 Å². The number of aromatic amines is 1. The number of para-hydroxylation sites is 1. The highest BCUT2D eigenvalue weighted by Crippen LogP contribution is 2.19. The number of amides is 3. The summed E-state index contributed by atoms with van der Waals surface area (Å²) in [5.74, 6) is -5.51. The number of carbonyl (C=O) groups excluding carboxylic acids is 3. The van der Waals surface area contributed by atoms with Gasteiger partial charge in [0.2, 0.25) is 17.7 Å². The van der Waals surface area contributed by atoms with E-state index < -0.39 is 79.4 Å². The number of benzene rings is 1. The molecule has 0 fully saturated rings. The summed E-state index contributed by atoms with van der Waals surface area (Å²) in [4.78, 5) is 63.6. The summed E-state index contributed by atoms with van der Waals surface area (Å²) < 4.78 is 0. The second-order valence-electron chi connectivity index (χ2n) is 8.47. The highest BCUT2D eigenvalue weighted by molar-refractivity contribution is 5.95. The van der Waals surface area contributed by atoms with Crippen molar-refractivity contribution in [3.63, 3.8) is 0 Å². The molecule has 0 spiro atoms. The minimum absolute atomic E-state index is 0.105. The van der Waals surface area contributed by atoms with Gasteiger partial charge in [0, 0.05) is 29.9 Å². The molecule has 0 saturated carbocycles. The van der Waals surface area contributed by atoms with E-state index in [1.165, 1.54) is 6.92 Å². The van der Waals surface area contributed by atoms with Gasteiger partial charge in [0.25, 0.3) is 0 Å². The molecule has 5 atom stereocenters. The van der Waals surface area contributed by atoms with E-state index in [0.29, 0.717) is 5.56 Å². The fraction of sp³-hybridized carbons (Fsp3) is 0.435. The van der Waals surface area contributed by atoms with Crippen LogP contribution in [0, 0.1) is 0 Å². The standard InChI is InChI=1S/C23H31N5O9/c1-11(30)19(24)22(35)28-17(10-29)21(34)27-16(8-12-9-25-14-5-3-2-4-13(12)14)20(33)26-15(23(36)37)6-7-18(31)32/h2-5,9,11,15-17,19,25,29-30H,6-8,10,24H2,1H3,(H,26,33)(H,27,34)(H,28,35)(H,31,32)(H,36,37). The lowest BCUT2D eigenvalue weighted by Crippen LogP contribution is -2.59. The van der Waals surface area contributed by atoms with Gasteiger partial charge in [-0.15, -0.1) is 0 Å². The molecule has 1 aromatic heterocycles. The van der Waals surface area contributed by atoms with Gasteiger partial charge in [0.15, 0.2) is 0 Å². The van der Waals surface area contributed by atoms with Crippen molar-refractivity contribution in [2.75, 3.05) is 6.61 Å². The number of nitrogens with two attached hydrogens (primary N) is 1. The van der Waals surface area contributed by atoms with Crippen molar-refractivity contribution in [2.24, 2.45) is 5.73 Å². The molecule has 1 heterocycles. The van der Waals surface area contributed by atoms with Crippen LogP contribution in [0.2, 0.25) is 0 Å². The van der Waals surface area contributed by atoms with Crippen LogP contribution >= 0.6 is 0 Å². The van der Waals surface area contributed by atoms with Crippen molar-refractivity contribution in [2.45, 2.75) is 56.5 Å². The molecule has 37 heavy (non-hydrogen) atoms. The fourth-order valence-corrected chi connectivity index (χ4v) is 3.48. The minimum Gasteiger partial charge on any atom is -0.481 e. The lowest BCUT2D eigenvalue weighted by Gasteiger charge is -2.24. The first-order valence-electron chi connectivity index (χ1n) is 11.4. The summed E-state index contributed by atoms with van der Waals surface area (Å²) in [6.45, 7) is 0.408. The lowest BCUT2D eigenvalue weighted by molar-refractivity contribution is -0.143. The maximum atomic E-state index is 13.1. The van der Waals surface area contributed by atoms with E-state index in [0.717, 1.165) is 10.9 Å². The number of carboxylic acid groups (broad SMARTS) is 2. The highest BCUT2D eigenvalue weighted by atomic mass is 16.4. The molecule has 3 amide bonds. The molecule has 0 radical (unpaired) electrons. The third-order valence-corrected chi connectivity index (χ3v) is 5.63. The molecule has 0 saturated heterocycles. The van der Waals surface area contributed by atoms with E-state index in [1.807, 2.05) is 0 Å². The van der Waals surface area contributed by atoms with Crippen LogP contribution in [0.1, 0.15) is 25.3 Å². The zero-order valence-electron chi connectivity index (χ0n) is 20.0. The van der Waals surface area contributed by atoms with Crippen LogP contribution in [-0.4, -0.2) is 91.9 Å². The Balaban J connectivity index is 2.27. The summed E-state index contributed by atoms with van der Waals surface area (Å²) in [5, 5.41) is 45.0. The molecule has 2 aromatic rings. The zero-order valence-corrected chi connectivity index (χ0v) is 20.0. The smallest absolute Gasteiger partial charge is 0.326 e. The molecule has 0 aliphatic carbocycles. The molecule has 5 unspecified atom stereocenters. The number of nitrogens with one attached hydrogen (secondary N) is 4. The van der Waals surface area contributed by atoms with Gasteiger partial charge in [0.1, 0.15) is 24.2 Å². The number of aliphatic hydroxyl groups is 2. The van der Waals surface area contributed by atoms with E-state index >= 15 is 0 Å². The van der Waals surface area contributed by atoms with Crippen LogP contribution in [0.25, 0.3) is 10.9 Å². The average Bonchev–Trinajstić information content (AvgIpc) is 3.26. The van der Waals surface area contributed by atoms with Crippen LogP contribution in [-0.2, 0) is 30.4 Å². The van der Waals surface area contributed by atoms with E-state index in [1.54, 1.807) is 30.5 Å². The summed E-state index contributed by atoms with van der Waals surface area (Å²) in [6.07, 6.45) is -0.633. The number of carbonyl (C=O) groups is 5. The molecule has 2 rings (SSSR count). The first-order valence-corrected chi connectivity index (χ1v) is 11.4. The molecule has 0 aliphatic heterocycles. The van der Waals surface area contributed by atoms with Gasteiger partial charge >= 0.3 is 11.9 Å². The van der Waals surface area contributed by atoms with Gasteiger partial charge in [-0.3, -0.25) is 19.2 Å². The maximum absolute atomic E-state index is 13.1. The number of rotatable bonds is 14. The number of hydrogen-bond acceptors (Lipinski definition) is 8. The number of hydrogen-bond donors (Lipinski definition) is 9. The van der Waals surface area contributed by atoms with Gasteiger partial charge in [-0.25, -0.2) is 4.79 Å². The summed E-state index contributed by atoms with van der Waals surface area (Å²) in [5.41, 5.74) is 6.90. The van der Waals surface area contributed by atoms with Crippen molar-refractivity contribution < 1.29 is 44.4 Å². The number of aliphatic hydroxyl groups excluding tert-OH is 2. The summed E-state index contributed by atoms with van der Waals surface area (Å²) in [6, 6.07) is 1.32. The SMILES string of the molecule is CC(O)C(N)C(=O)NC(CO)C(=O)NC(Cc1c[nH]c2ccccc12)C(=O)NC(CCC(=O)O)C(=O)O.